The number of amides is 1. The number of pyridine rings is 1. The van der Waals surface area contributed by atoms with Crippen molar-refractivity contribution < 1.29 is 19.4 Å². The van der Waals surface area contributed by atoms with Crippen LogP contribution in [-0.4, -0.2) is 76.7 Å². The molecule has 2 fully saturated rings. The van der Waals surface area contributed by atoms with E-state index in [1.807, 2.05) is 29.2 Å². The van der Waals surface area contributed by atoms with Gasteiger partial charge in [0.05, 0.1) is 6.61 Å². The monoisotopic (exact) mass is 355 g/mol. The fourth-order valence-corrected chi connectivity index (χ4v) is 3.92. The first-order chi connectivity index (χ1) is 12.6. The minimum atomic E-state index is -0.944. The Hall–Kier alpha value is -2.51. The van der Waals surface area contributed by atoms with Crippen LogP contribution in [0.25, 0.3) is 10.8 Å². The summed E-state index contributed by atoms with van der Waals surface area (Å²) in [7, 11) is 0. The second-order valence-corrected chi connectivity index (χ2v) is 6.82. The van der Waals surface area contributed by atoms with Crippen LogP contribution >= 0.6 is 0 Å². The van der Waals surface area contributed by atoms with E-state index in [1.54, 1.807) is 17.3 Å². The van der Waals surface area contributed by atoms with Crippen LogP contribution in [0.4, 0.5) is 0 Å². The summed E-state index contributed by atoms with van der Waals surface area (Å²) in [5, 5.41) is 11.5. The zero-order chi connectivity index (χ0) is 18.1. The molecule has 1 aromatic carbocycles. The smallest absolute Gasteiger partial charge is 0.326 e. The molecule has 0 saturated carbocycles. The van der Waals surface area contributed by atoms with Gasteiger partial charge in [-0.1, -0.05) is 12.1 Å². The van der Waals surface area contributed by atoms with E-state index < -0.39 is 11.5 Å². The van der Waals surface area contributed by atoms with Crippen molar-refractivity contribution in [2.24, 2.45) is 0 Å². The number of aromatic nitrogens is 1. The molecule has 0 aliphatic carbocycles. The average molecular weight is 355 g/mol. The number of carbonyl (C=O) groups excluding carboxylic acids is 1. The van der Waals surface area contributed by atoms with Crippen molar-refractivity contribution in [1.82, 2.24) is 14.8 Å². The Bertz CT molecular complexity index is 834. The van der Waals surface area contributed by atoms with Crippen LogP contribution in [0.3, 0.4) is 0 Å². The van der Waals surface area contributed by atoms with Gasteiger partial charge in [-0.3, -0.25) is 19.5 Å². The normalized spacial score (nSPS) is 24.1. The van der Waals surface area contributed by atoms with Crippen molar-refractivity contribution in [2.75, 3.05) is 39.4 Å². The summed E-state index contributed by atoms with van der Waals surface area (Å²) in [6.07, 6.45) is 3.93. The van der Waals surface area contributed by atoms with Crippen LogP contribution in [0.5, 0.6) is 0 Å². The number of nitrogens with zero attached hydrogens (tertiary/aromatic N) is 3. The van der Waals surface area contributed by atoms with Crippen LogP contribution in [0.15, 0.2) is 36.7 Å². The van der Waals surface area contributed by atoms with Crippen molar-refractivity contribution in [1.29, 1.82) is 0 Å². The molecule has 2 aromatic rings. The van der Waals surface area contributed by atoms with Crippen molar-refractivity contribution >= 4 is 22.6 Å². The third kappa shape index (κ3) is 2.73. The van der Waals surface area contributed by atoms with Crippen LogP contribution < -0.4 is 0 Å². The maximum absolute atomic E-state index is 13.0. The molecule has 3 heterocycles. The molecule has 1 amide bonds. The molecular formula is C19H21N3O4. The minimum Gasteiger partial charge on any atom is -0.480 e. The number of ether oxygens (including phenoxy) is 1. The van der Waals surface area contributed by atoms with Gasteiger partial charge in [0.15, 0.2) is 0 Å². The molecule has 1 unspecified atom stereocenters. The van der Waals surface area contributed by atoms with Gasteiger partial charge in [-0.05, 0) is 17.5 Å². The van der Waals surface area contributed by atoms with Crippen molar-refractivity contribution in [3.05, 3.63) is 42.2 Å². The summed E-state index contributed by atoms with van der Waals surface area (Å²) in [5.41, 5.74) is -0.282. The number of piperazine rings is 1. The Labute approximate surface area is 151 Å². The molecule has 0 spiro atoms. The number of carboxylic acids is 1. The molecular weight excluding hydrogens is 334 g/mol. The van der Waals surface area contributed by atoms with E-state index >= 15 is 0 Å². The first-order valence-electron chi connectivity index (χ1n) is 8.80. The van der Waals surface area contributed by atoms with Gasteiger partial charge in [-0.25, -0.2) is 0 Å². The maximum Gasteiger partial charge on any atom is 0.326 e. The predicted octanol–water partition coefficient (Wildman–Crippen LogP) is 1.24. The summed E-state index contributed by atoms with van der Waals surface area (Å²) >= 11 is 0. The molecule has 1 aromatic heterocycles. The first-order valence-corrected chi connectivity index (χ1v) is 8.80. The maximum atomic E-state index is 13.0. The molecule has 136 valence electrons. The lowest BCUT2D eigenvalue weighted by Crippen LogP contribution is -2.61. The lowest BCUT2D eigenvalue weighted by atomic mass is 9.95. The first kappa shape index (κ1) is 16.9. The summed E-state index contributed by atoms with van der Waals surface area (Å²) in [5.74, 6) is -0.857. The molecule has 4 rings (SSSR count). The molecule has 1 atom stereocenters. The fraction of sp³-hybridized carbons (Fsp3) is 0.421. The molecule has 2 aliphatic rings. The zero-order valence-corrected chi connectivity index (χ0v) is 14.4. The summed E-state index contributed by atoms with van der Waals surface area (Å²) in [6.45, 7) is 2.77. The number of hydrogen-bond acceptors (Lipinski definition) is 5. The minimum absolute atomic E-state index is 0.0199. The second-order valence-electron chi connectivity index (χ2n) is 6.82. The lowest BCUT2D eigenvalue weighted by molar-refractivity contribution is -0.152. The topological polar surface area (TPSA) is 83.0 Å². The number of rotatable bonds is 3. The summed E-state index contributed by atoms with van der Waals surface area (Å²) in [6, 6.07) is 7.49. The van der Waals surface area contributed by atoms with Crippen molar-refractivity contribution in [3.63, 3.8) is 0 Å². The SMILES string of the molecule is O=C(c1cccc2cnccc12)N1CCN(C2(C(=O)O)CCOC2)CC1. The number of benzene rings is 1. The zero-order valence-electron chi connectivity index (χ0n) is 14.4. The van der Waals surface area contributed by atoms with Gasteiger partial charge in [0, 0.05) is 62.6 Å². The highest BCUT2D eigenvalue weighted by Gasteiger charge is 2.48. The third-order valence-corrected chi connectivity index (χ3v) is 5.48. The molecule has 2 saturated heterocycles. The van der Waals surface area contributed by atoms with Gasteiger partial charge in [0.2, 0.25) is 0 Å². The van der Waals surface area contributed by atoms with Gasteiger partial charge >= 0.3 is 5.97 Å². The van der Waals surface area contributed by atoms with Crippen LogP contribution in [0.2, 0.25) is 0 Å². The molecule has 0 bridgehead atoms. The van der Waals surface area contributed by atoms with E-state index in [9.17, 15) is 14.7 Å². The Morgan fingerprint density at radius 1 is 1.15 bits per heavy atom. The number of carboxylic acid groups (broad SMARTS) is 1. The predicted molar refractivity (Wildman–Crippen MR) is 95.0 cm³/mol. The van der Waals surface area contributed by atoms with Gasteiger partial charge in [0.1, 0.15) is 5.54 Å². The Morgan fingerprint density at radius 3 is 2.65 bits per heavy atom. The van der Waals surface area contributed by atoms with Gasteiger partial charge in [-0.15, -0.1) is 0 Å². The third-order valence-electron chi connectivity index (χ3n) is 5.48. The Balaban J connectivity index is 1.51. The fourth-order valence-electron chi connectivity index (χ4n) is 3.92. The van der Waals surface area contributed by atoms with Crippen LogP contribution in [-0.2, 0) is 9.53 Å². The van der Waals surface area contributed by atoms with E-state index in [-0.39, 0.29) is 12.5 Å². The van der Waals surface area contributed by atoms with Gasteiger partial charge < -0.3 is 14.7 Å². The van der Waals surface area contributed by atoms with E-state index in [0.29, 0.717) is 44.8 Å². The van der Waals surface area contributed by atoms with E-state index in [1.165, 1.54) is 0 Å². The largest absolute Gasteiger partial charge is 0.480 e. The molecule has 0 radical (unpaired) electrons. The lowest BCUT2D eigenvalue weighted by Gasteiger charge is -2.42. The van der Waals surface area contributed by atoms with Crippen LogP contribution in [0.1, 0.15) is 16.8 Å². The van der Waals surface area contributed by atoms with E-state index in [4.69, 9.17) is 4.74 Å². The summed E-state index contributed by atoms with van der Waals surface area (Å²) < 4.78 is 5.36. The quantitative estimate of drug-likeness (QED) is 0.892. The number of aliphatic carboxylic acids is 1. The number of hydrogen-bond donors (Lipinski definition) is 1. The van der Waals surface area contributed by atoms with Gasteiger partial charge in [-0.2, -0.15) is 0 Å². The molecule has 1 N–H and O–H groups in total. The van der Waals surface area contributed by atoms with Gasteiger partial charge in [0.25, 0.3) is 5.91 Å². The number of carbonyl (C=O) groups is 2. The van der Waals surface area contributed by atoms with Crippen molar-refractivity contribution in [3.8, 4) is 0 Å². The molecule has 26 heavy (non-hydrogen) atoms. The molecule has 7 heteroatoms. The Morgan fingerprint density at radius 2 is 1.96 bits per heavy atom. The van der Waals surface area contributed by atoms with E-state index in [2.05, 4.69) is 4.98 Å². The standard InChI is InChI=1S/C19H21N3O4/c23-17(16-3-1-2-14-12-20-6-4-15(14)16)21-7-9-22(10-8-21)19(18(24)25)5-11-26-13-19/h1-4,6,12H,5,7-11,13H2,(H,24,25). The average Bonchev–Trinajstić information content (AvgIpc) is 3.18. The highest BCUT2D eigenvalue weighted by molar-refractivity contribution is 6.06. The Kier molecular flexibility index (Phi) is 4.34. The number of fused-ring (bicyclic) bond motifs is 1. The molecule has 2 aliphatic heterocycles. The summed E-state index contributed by atoms with van der Waals surface area (Å²) in [4.78, 5) is 32.7. The highest BCUT2D eigenvalue weighted by Crippen LogP contribution is 2.28. The van der Waals surface area contributed by atoms with Crippen molar-refractivity contribution in [2.45, 2.75) is 12.0 Å². The van der Waals surface area contributed by atoms with E-state index in [0.717, 1.165) is 10.8 Å². The van der Waals surface area contributed by atoms with Crippen LogP contribution in [0, 0.1) is 0 Å². The molecule has 7 nitrogen and oxygen atoms in total. The highest BCUT2D eigenvalue weighted by atomic mass is 16.5. The second kappa shape index (κ2) is 6.66.